The van der Waals surface area contributed by atoms with E-state index in [4.69, 9.17) is 5.11 Å². The molecule has 0 spiro atoms. The minimum Gasteiger partial charge on any atom is -0.481 e. The first-order chi connectivity index (χ1) is 9.12. The number of nitrogens with one attached hydrogen (secondary N) is 1. The summed E-state index contributed by atoms with van der Waals surface area (Å²) in [6, 6.07) is 10.2. The van der Waals surface area contributed by atoms with E-state index in [0.29, 0.717) is 6.54 Å². The highest BCUT2D eigenvalue weighted by Crippen LogP contribution is 2.47. The summed E-state index contributed by atoms with van der Waals surface area (Å²) in [7, 11) is 0. The molecule has 1 amide bonds. The highest BCUT2D eigenvalue weighted by molar-refractivity contribution is 8.00. The lowest BCUT2D eigenvalue weighted by atomic mass is 9.96. The summed E-state index contributed by atoms with van der Waals surface area (Å²) in [5.74, 6) is -0.803. The van der Waals surface area contributed by atoms with Crippen molar-refractivity contribution in [3.05, 3.63) is 35.9 Å². The molecular formula is C14H17NO3S. The number of aliphatic carboxylic acids is 1. The Hall–Kier alpha value is -1.49. The van der Waals surface area contributed by atoms with Crippen LogP contribution in [-0.2, 0) is 15.0 Å². The fourth-order valence-electron chi connectivity index (χ4n) is 2.06. The Balaban J connectivity index is 1.76. The zero-order valence-electron chi connectivity index (χ0n) is 10.6. The van der Waals surface area contributed by atoms with Crippen molar-refractivity contribution in [2.24, 2.45) is 0 Å². The molecule has 1 aromatic carbocycles. The van der Waals surface area contributed by atoms with Gasteiger partial charge in [-0.2, -0.15) is 0 Å². The second-order valence-corrected chi connectivity index (χ2v) is 5.80. The Kier molecular flexibility index (Phi) is 4.47. The molecule has 1 aromatic rings. The number of carbonyl (C=O) groups excluding carboxylic acids is 1. The lowest BCUT2D eigenvalue weighted by Gasteiger charge is -2.16. The van der Waals surface area contributed by atoms with Gasteiger partial charge in [0.15, 0.2) is 0 Å². The zero-order valence-corrected chi connectivity index (χ0v) is 11.4. The van der Waals surface area contributed by atoms with Crippen LogP contribution in [0.15, 0.2) is 30.3 Å². The number of carbonyl (C=O) groups is 2. The number of carboxylic acids is 1. The van der Waals surface area contributed by atoms with E-state index < -0.39 is 5.97 Å². The van der Waals surface area contributed by atoms with Gasteiger partial charge in [0.1, 0.15) is 0 Å². The fraction of sp³-hybridized carbons (Fsp3) is 0.429. The maximum Gasteiger partial charge on any atom is 0.313 e. The summed E-state index contributed by atoms with van der Waals surface area (Å²) >= 11 is 1.12. The van der Waals surface area contributed by atoms with E-state index in [1.165, 1.54) is 5.56 Å². The average molecular weight is 279 g/mol. The lowest BCUT2D eigenvalue weighted by Crippen LogP contribution is -2.33. The topological polar surface area (TPSA) is 66.4 Å². The van der Waals surface area contributed by atoms with Crippen LogP contribution in [0.5, 0.6) is 0 Å². The van der Waals surface area contributed by atoms with E-state index in [9.17, 15) is 9.59 Å². The molecular weight excluding hydrogens is 262 g/mol. The third kappa shape index (κ3) is 3.99. The number of rotatable bonds is 7. The predicted molar refractivity (Wildman–Crippen MR) is 75.3 cm³/mol. The van der Waals surface area contributed by atoms with Gasteiger partial charge in [-0.15, -0.1) is 11.8 Å². The summed E-state index contributed by atoms with van der Waals surface area (Å²) in [4.78, 5) is 21.9. The molecule has 0 heterocycles. The molecule has 0 radical (unpaired) electrons. The predicted octanol–water partition coefficient (Wildman–Crippen LogP) is 1.65. The molecule has 0 saturated heterocycles. The van der Waals surface area contributed by atoms with E-state index in [2.05, 4.69) is 17.4 Å². The number of carboxylic acid groups (broad SMARTS) is 1. The molecule has 1 saturated carbocycles. The van der Waals surface area contributed by atoms with Crippen LogP contribution in [0.2, 0.25) is 0 Å². The Morgan fingerprint density at radius 1 is 1.21 bits per heavy atom. The summed E-state index contributed by atoms with van der Waals surface area (Å²) in [5, 5.41) is 11.4. The summed E-state index contributed by atoms with van der Waals surface area (Å²) in [6.07, 6.45) is 2.19. The summed E-state index contributed by atoms with van der Waals surface area (Å²) < 4.78 is 0. The van der Waals surface area contributed by atoms with Crippen LogP contribution in [0.1, 0.15) is 18.4 Å². The number of hydrogen-bond donors (Lipinski definition) is 2. The second-order valence-electron chi connectivity index (χ2n) is 4.81. The number of benzene rings is 1. The van der Waals surface area contributed by atoms with Crippen LogP contribution < -0.4 is 5.32 Å². The molecule has 0 bridgehead atoms. The van der Waals surface area contributed by atoms with E-state index in [1.807, 2.05) is 18.2 Å². The van der Waals surface area contributed by atoms with Gasteiger partial charge >= 0.3 is 5.97 Å². The standard InChI is InChI=1S/C14H17NO3S/c16-12(8-19-9-13(17)18)15-10-14(6-7-14)11-4-2-1-3-5-11/h1-5H,6-10H2,(H,15,16)(H,17,18). The van der Waals surface area contributed by atoms with Crippen LogP contribution in [0.4, 0.5) is 0 Å². The highest BCUT2D eigenvalue weighted by Gasteiger charge is 2.44. The molecule has 5 heteroatoms. The van der Waals surface area contributed by atoms with Crippen molar-refractivity contribution in [3.8, 4) is 0 Å². The molecule has 102 valence electrons. The van der Waals surface area contributed by atoms with Crippen molar-refractivity contribution in [1.82, 2.24) is 5.32 Å². The minimum absolute atomic E-state index is 0.0305. The first-order valence-corrected chi connectivity index (χ1v) is 7.40. The number of amides is 1. The van der Waals surface area contributed by atoms with Gasteiger partial charge < -0.3 is 10.4 Å². The van der Waals surface area contributed by atoms with Crippen LogP contribution in [-0.4, -0.2) is 35.0 Å². The fourth-order valence-corrected chi connectivity index (χ4v) is 2.62. The monoisotopic (exact) mass is 279 g/mol. The highest BCUT2D eigenvalue weighted by atomic mass is 32.2. The zero-order chi connectivity index (χ0) is 13.7. The summed E-state index contributed by atoms with van der Waals surface area (Å²) in [6.45, 7) is 0.642. The van der Waals surface area contributed by atoms with Gasteiger partial charge in [0, 0.05) is 12.0 Å². The molecule has 0 unspecified atom stereocenters. The van der Waals surface area contributed by atoms with E-state index >= 15 is 0 Å². The van der Waals surface area contributed by atoms with Crippen molar-refractivity contribution >= 4 is 23.6 Å². The lowest BCUT2D eigenvalue weighted by molar-refractivity contribution is -0.133. The molecule has 4 nitrogen and oxygen atoms in total. The maximum absolute atomic E-state index is 11.6. The largest absolute Gasteiger partial charge is 0.481 e. The second kappa shape index (κ2) is 6.10. The normalized spacial score (nSPS) is 15.8. The molecule has 0 aliphatic heterocycles. The molecule has 1 aliphatic rings. The van der Waals surface area contributed by atoms with Crippen molar-refractivity contribution in [1.29, 1.82) is 0 Å². The molecule has 1 aliphatic carbocycles. The Morgan fingerprint density at radius 3 is 2.47 bits per heavy atom. The quantitative estimate of drug-likeness (QED) is 0.796. The maximum atomic E-state index is 11.6. The van der Waals surface area contributed by atoms with E-state index in [-0.39, 0.29) is 22.8 Å². The average Bonchev–Trinajstić information content (AvgIpc) is 3.18. The SMILES string of the molecule is O=C(O)CSCC(=O)NCC1(c2ccccc2)CC1. The van der Waals surface area contributed by atoms with Gasteiger partial charge in [-0.3, -0.25) is 9.59 Å². The van der Waals surface area contributed by atoms with Crippen LogP contribution in [0.3, 0.4) is 0 Å². The third-order valence-corrected chi connectivity index (χ3v) is 4.24. The Labute approximate surface area is 116 Å². The van der Waals surface area contributed by atoms with Gasteiger partial charge in [0.25, 0.3) is 0 Å². The van der Waals surface area contributed by atoms with Crippen LogP contribution in [0, 0.1) is 0 Å². The first kappa shape index (κ1) is 13.9. The van der Waals surface area contributed by atoms with Crippen molar-refractivity contribution in [2.45, 2.75) is 18.3 Å². The Bertz CT molecular complexity index is 457. The molecule has 2 N–H and O–H groups in total. The smallest absolute Gasteiger partial charge is 0.313 e. The molecule has 19 heavy (non-hydrogen) atoms. The number of hydrogen-bond acceptors (Lipinski definition) is 3. The van der Waals surface area contributed by atoms with Crippen molar-refractivity contribution in [3.63, 3.8) is 0 Å². The van der Waals surface area contributed by atoms with Gasteiger partial charge in [-0.05, 0) is 18.4 Å². The van der Waals surface area contributed by atoms with Crippen molar-refractivity contribution in [2.75, 3.05) is 18.1 Å². The van der Waals surface area contributed by atoms with E-state index in [1.54, 1.807) is 0 Å². The third-order valence-electron chi connectivity index (χ3n) is 3.32. The van der Waals surface area contributed by atoms with E-state index in [0.717, 1.165) is 24.6 Å². The molecule has 0 aromatic heterocycles. The molecule has 0 atom stereocenters. The van der Waals surface area contributed by atoms with Crippen LogP contribution in [0.25, 0.3) is 0 Å². The first-order valence-electron chi connectivity index (χ1n) is 6.24. The summed E-state index contributed by atoms with van der Waals surface area (Å²) in [5.41, 5.74) is 1.38. The number of thioether (sulfide) groups is 1. The van der Waals surface area contributed by atoms with Crippen molar-refractivity contribution < 1.29 is 14.7 Å². The van der Waals surface area contributed by atoms with Crippen LogP contribution >= 0.6 is 11.8 Å². The van der Waals surface area contributed by atoms with Gasteiger partial charge in [-0.25, -0.2) is 0 Å². The van der Waals surface area contributed by atoms with Gasteiger partial charge in [0.2, 0.25) is 5.91 Å². The Morgan fingerprint density at radius 2 is 1.89 bits per heavy atom. The molecule has 2 rings (SSSR count). The van der Waals surface area contributed by atoms with Gasteiger partial charge in [0.05, 0.1) is 11.5 Å². The molecule has 1 fully saturated rings. The van der Waals surface area contributed by atoms with Gasteiger partial charge in [-0.1, -0.05) is 30.3 Å². The minimum atomic E-state index is -0.888.